The molecule has 0 aliphatic carbocycles. The maximum absolute atomic E-state index is 5.47. The van der Waals surface area contributed by atoms with Crippen molar-refractivity contribution in [2.75, 3.05) is 20.3 Å². The highest BCUT2D eigenvalue weighted by molar-refractivity contribution is 9.10. The van der Waals surface area contributed by atoms with Gasteiger partial charge in [-0.1, -0.05) is 6.92 Å². The van der Waals surface area contributed by atoms with Crippen molar-refractivity contribution in [2.45, 2.75) is 32.9 Å². The number of hydrogen-bond donors (Lipinski definition) is 1. The van der Waals surface area contributed by atoms with E-state index in [0.29, 0.717) is 6.61 Å². The fraction of sp³-hybridized carbons (Fsp3) is 0.727. The molecule has 1 N–H and O–H groups in total. The first-order valence-electron chi connectivity index (χ1n) is 5.70. The van der Waals surface area contributed by atoms with Crippen LogP contribution in [0.3, 0.4) is 0 Å². The lowest BCUT2D eigenvalue weighted by Gasteiger charge is -2.18. The normalized spacial score (nSPS) is 13.0. The molecule has 0 bridgehead atoms. The second kappa shape index (κ2) is 7.04. The lowest BCUT2D eigenvalue weighted by molar-refractivity contribution is 0.122. The van der Waals surface area contributed by atoms with Crippen molar-refractivity contribution in [1.82, 2.24) is 15.1 Å². The van der Waals surface area contributed by atoms with Crippen LogP contribution in [0, 0.1) is 0 Å². The maximum Gasteiger partial charge on any atom is 0.0738 e. The van der Waals surface area contributed by atoms with Crippen LogP contribution < -0.4 is 5.32 Å². The summed E-state index contributed by atoms with van der Waals surface area (Å²) in [6.45, 7) is 6.49. The van der Waals surface area contributed by atoms with Gasteiger partial charge in [-0.3, -0.25) is 4.68 Å². The number of nitrogens with one attached hydrogen (secondary N) is 1. The summed E-state index contributed by atoms with van der Waals surface area (Å²) >= 11 is 3.54. The average Bonchev–Trinajstić information content (AvgIpc) is 2.63. The third-order valence-corrected chi connectivity index (χ3v) is 3.05. The van der Waals surface area contributed by atoms with Crippen molar-refractivity contribution in [3.05, 3.63) is 16.4 Å². The number of rotatable bonds is 7. The Balaban J connectivity index is 2.84. The van der Waals surface area contributed by atoms with E-state index in [1.807, 2.05) is 24.9 Å². The number of ether oxygens (including phenoxy) is 1. The van der Waals surface area contributed by atoms with Crippen LogP contribution in [0.25, 0.3) is 0 Å². The predicted octanol–water partition coefficient (Wildman–Crippen LogP) is 2.35. The molecule has 0 saturated heterocycles. The Morgan fingerprint density at radius 3 is 2.88 bits per heavy atom. The molecule has 92 valence electrons. The molecule has 1 aromatic heterocycles. The summed E-state index contributed by atoms with van der Waals surface area (Å²) in [5.41, 5.74) is 1.16. The third-order valence-electron chi connectivity index (χ3n) is 2.44. The molecule has 0 aromatic carbocycles. The van der Waals surface area contributed by atoms with E-state index in [0.717, 1.165) is 29.7 Å². The van der Waals surface area contributed by atoms with Crippen LogP contribution in [0.1, 0.15) is 32.0 Å². The molecule has 0 aliphatic heterocycles. The largest absolute Gasteiger partial charge is 0.380 e. The van der Waals surface area contributed by atoms with E-state index in [2.05, 4.69) is 33.3 Å². The highest BCUT2D eigenvalue weighted by atomic mass is 79.9. The van der Waals surface area contributed by atoms with E-state index >= 15 is 0 Å². The van der Waals surface area contributed by atoms with Crippen molar-refractivity contribution in [3.63, 3.8) is 0 Å². The molecular weight excluding hydrogens is 270 g/mol. The van der Waals surface area contributed by atoms with Gasteiger partial charge in [-0.2, -0.15) is 5.10 Å². The van der Waals surface area contributed by atoms with Crippen LogP contribution in [0.2, 0.25) is 0 Å². The molecule has 0 amide bonds. The smallest absolute Gasteiger partial charge is 0.0738 e. The van der Waals surface area contributed by atoms with Gasteiger partial charge >= 0.3 is 0 Å². The molecule has 1 aromatic rings. The molecule has 1 heterocycles. The average molecular weight is 290 g/mol. The van der Waals surface area contributed by atoms with E-state index in [4.69, 9.17) is 4.74 Å². The van der Waals surface area contributed by atoms with Crippen molar-refractivity contribution >= 4 is 15.9 Å². The Bertz CT molecular complexity index is 314. The first-order valence-corrected chi connectivity index (χ1v) is 6.50. The summed E-state index contributed by atoms with van der Waals surface area (Å²) in [5.74, 6) is 0. The van der Waals surface area contributed by atoms with Crippen molar-refractivity contribution in [2.24, 2.45) is 0 Å². The molecule has 1 unspecified atom stereocenters. The summed E-state index contributed by atoms with van der Waals surface area (Å²) in [7, 11) is 1.94. The topological polar surface area (TPSA) is 39.1 Å². The molecule has 5 heteroatoms. The van der Waals surface area contributed by atoms with Crippen molar-refractivity contribution in [3.8, 4) is 0 Å². The van der Waals surface area contributed by atoms with Gasteiger partial charge in [-0.25, -0.2) is 0 Å². The Morgan fingerprint density at radius 2 is 2.31 bits per heavy atom. The molecule has 1 atom stereocenters. The highest BCUT2D eigenvalue weighted by Gasteiger charge is 2.18. The number of aromatic nitrogens is 2. The second-order valence-corrected chi connectivity index (χ2v) is 4.46. The number of aryl methyl sites for hydroxylation is 1. The Labute approximate surface area is 105 Å². The summed E-state index contributed by atoms with van der Waals surface area (Å²) < 4.78 is 8.55. The van der Waals surface area contributed by atoms with Gasteiger partial charge in [0.2, 0.25) is 0 Å². The number of halogens is 1. The molecule has 1 rings (SSSR count). The molecular formula is C11H20BrN3O. The van der Waals surface area contributed by atoms with Gasteiger partial charge in [-0.15, -0.1) is 0 Å². The lowest BCUT2D eigenvalue weighted by Crippen LogP contribution is -2.25. The maximum atomic E-state index is 5.47. The van der Waals surface area contributed by atoms with E-state index in [-0.39, 0.29) is 6.04 Å². The van der Waals surface area contributed by atoms with E-state index < -0.39 is 0 Å². The van der Waals surface area contributed by atoms with Crippen LogP contribution in [0.15, 0.2) is 10.7 Å². The van der Waals surface area contributed by atoms with Gasteiger partial charge in [0.15, 0.2) is 0 Å². The molecule has 16 heavy (non-hydrogen) atoms. The SMILES string of the molecule is CCCn1ncc(Br)c1C(COCC)NC. The Kier molecular flexibility index (Phi) is 6.01. The number of hydrogen-bond acceptors (Lipinski definition) is 3. The van der Waals surface area contributed by atoms with Crippen LogP contribution >= 0.6 is 15.9 Å². The summed E-state index contributed by atoms with van der Waals surface area (Å²) in [4.78, 5) is 0. The van der Waals surface area contributed by atoms with Gasteiger partial charge in [0.25, 0.3) is 0 Å². The van der Waals surface area contributed by atoms with E-state index in [1.165, 1.54) is 0 Å². The minimum Gasteiger partial charge on any atom is -0.380 e. The van der Waals surface area contributed by atoms with Gasteiger partial charge in [0, 0.05) is 13.2 Å². The fourth-order valence-corrected chi connectivity index (χ4v) is 2.22. The zero-order valence-electron chi connectivity index (χ0n) is 10.2. The van der Waals surface area contributed by atoms with Crippen LogP contribution in [-0.4, -0.2) is 30.0 Å². The standard InChI is InChI=1S/C11H20BrN3O/c1-4-6-15-11(9(12)7-14-15)10(13-3)8-16-5-2/h7,10,13H,4-6,8H2,1-3H3. The molecule has 0 aliphatic rings. The first-order chi connectivity index (χ1) is 7.74. The van der Waals surface area contributed by atoms with E-state index in [1.54, 1.807) is 0 Å². The zero-order chi connectivity index (χ0) is 12.0. The minimum absolute atomic E-state index is 0.184. The number of likely N-dealkylation sites (N-methyl/N-ethyl adjacent to an activating group) is 1. The second-order valence-electron chi connectivity index (χ2n) is 3.60. The predicted molar refractivity (Wildman–Crippen MR) is 68.5 cm³/mol. The van der Waals surface area contributed by atoms with Gasteiger partial charge in [0.05, 0.1) is 29.0 Å². The molecule has 0 radical (unpaired) electrons. The fourth-order valence-electron chi connectivity index (χ4n) is 1.64. The Morgan fingerprint density at radius 1 is 1.56 bits per heavy atom. The Hall–Kier alpha value is -0.390. The summed E-state index contributed by atoms with van der Waals surface area (Å²) in [5, 5.41) is 7.62. The van der Waals surface area contributed by atoms with Gasteiger partial charge in [-0.05, 0) is 36.3 Å². The van der Waals surface area contributed by atoms with Crippen LogP contribution in [-0.2, 0) is 11.3 Å². The minimum atomic E-state index is 0.184. The third kappa shape index (κ3) is 3.30. The zero-order valence-corrected chi connectivity index (χ0v) is 11.7. The van der Waals surface area contributed by atoms with Crippen molar-refractivity contribution in [1.29, 1.82) is 0 Å². The molecule has 4 nitrogen and oxygen atoms in total. The van der Waals surface area contributed by atoms with Crippen molar-refractivity contribution < 1.29 is 4.74 Å². The monoisotopic (exact) mass is 289 g/mol. The van der Waals surface area contributed by atoms with Crippen LogP contribution in [0.4, 0.5) is 0 Å². The van der Waals surface area contributed by atoms with Gasteiger partial charge in [0.1, 0.15) is 0 Å². The molecule has 0 spiro atoms. The summed E-state index contributed by atoms with van der Waals surface area (Å²) in [6, 6.07) is 0.184. The van der Waals surface area contributed by atoms with Crippen LogP contribution in [0.5, 0.6) is 0 Å². The summed E-state index contributed by atoms with van der Waals surface area (Å²) in [6.07, 6.45) is 2.92. The molecule has 0 saturated carbocycles. The number of nitrogens with zero attached hydrogens (tertiary/aromatic N) is 2. The first kappa shape index (κ1) is 13.7. The lowest BCUT2D eigenvalue weighted by atomic mass is 10.2. The molecule has 0 fully saturated rings. The highest BCUT2D eigenvalue weighted by Crippen LogP contribution is 2.23. The van der Waals surface area contributed by atoms with Gasteiger partial charge < -0.3 is 10.1 Å². The van der Waals surface area contributed by atoms with E-state index in [9.17, 15) is 0 Å². The quantitative estimate of drug-likeness (QED) is 0.838.